The Hall–Kier alpha value is -4.22. The van der Waals surface area contributed by atoms with Gasteiger partial charge < -0.3 is 34.6 Å². The Morgan fingerprint density at radius 1 is 1.06 bits per heavy atom. The van der Waals surface area contributed by atoms with Crippen LogP contribution < -0.4 is 10.9 Å². The molecule has 15 heteroatoms. The molecular formula is C48H62N6O6S2Si. The van der Waals surface area contributed by atoms with Gasteiger partial charge in [-0.25, -0.2) is 9.48 Å². The molecule has 4 heterocycles. The summed E-state index contributed by atoms with van der Waals surface area (Å²) < 4.78 is 15.2. The molecule has 2 aromatic carbocycles. The maximum atomic E-state index is 13.6. The average molecular weight is 911 g/mol. The molecule has 0 radical (unpaired) electrons. The number of H-pyrrole nitrogens is 1. The minimum atomic E-state index is -2.22. The number of benzene rings is 2. The van der Waals surface area contributed by atoms with Gasteiger partial charge in [-0.15, -0.1) is 27.8 Å². The van der Waals surface area contributed by atoms with Gasteiger partial charge in [0.25, 0.3) is 0 Å². The summed E-state index contributed by atoms with van der Waals surface area (Å²) in [6.45, 7) is 16.1. The third-order valence-corrected chi connectivity index (χ3v) is 20.4. The molecule has 2 aliphatic rings. The van der Waals surface area contributed by atoms with E-state index in [9.17, 15) is 19.8 Å². The van der Waals surface area contributed by atoms with E-state index in [4.69, 9.17) is 9.16 Å². The van der Waals surface area contributed by atoms with E-state index in [1.54, 1.807) is 18.2 Å². The molecule has 0 spiro atoms. The second kappa shape index (κ2) is 18.3. The molecule has 336 valence electrons. The van der Waals surface area contributed by atoms with E-state index in [0.717, 1.165) is 91.3 Å². The molecular weight excluding hydrogens is 849 g/mol. The van der Waals surface area contributed by atoms with Crippen LogP contribution >= 0.6 is 22.7 Å². The van der Waals surface area contributed by atoms with Crippen molar-refractivity contribution in [2.45, 2.75) is 134 Å². The summed E-state index contributed by atoms with van der Waals surface area (Å²) in [5.74, 6) is -0.543. The Morgan fingerprint density at radius 3 is 2.56 bits per heavy atom. The Balaban J connectivity index is 0.885. The Labute approximate surface area is 378 Å². The van der Waals surface area contributed by atoms with Crippen LogP contribution in [0.4, 0.5) is 0 Å². The number of phenols is 1. The quantitative estimate of drug-likeness (QED) is 0.0547. The summed E-state index contributed by atoms with van der Waals surface area (Å²) in [7, 11) is -0.0347. The van der Waals surface area contributed by atoms with Gasteiger partial charge >= 0.3 is 5.97 Å². The number of hydrogen-bond acceptors (Lipinski definition) is 12. The predicted molar refractivity (Wildman–Crippen MR) is 254 cm³/mol. The highest BCUT2D eigenvalue weighted by Crippen LogP contribution is 2.42. The van der Waals surface area contributed by atoms with E-state index in [2.05, 4.69) is 77.2 Å². The van der Waals surface area contributed by atoms with Crippen LogP contribution in [0.25, 0.3) is 21.9 Å². The van der Waals surface area contributed by atoms with Gasteiger partial charge in [0.15, 0.2) is 8.32 Å². The lowest BCUT2D eigenvalue weighted by Gasteiger charge is -2.39. The molecule has 4 N–H and O–H groups in total. The zero-order chi connectivity index (χ0) is 44.7. The molecule has 4 aromatic heterocycles. The molecule has 0 bridgehead atoms. The lowest BCUT2D eigenvalue weighted by molar-refractivity contribution is -0.169. The molecule has 0 unspecified atom stereocenters. The van der Waals surface area contributed by atoms with Crippen molar-refractivity contribution in [3.8, 4) is 5.75 Å². The fourth-order valence-electron chi connectivity index (χ4n) is 9.21. The standard InChI is InChI=1S/C48H62N6O6S2Si/c1-30-14-22-42(62-30)48(58,41-13-9-26-61-41)46(57)59-33-17-15-32(16-18-33)53(5)24-10-25-54-45-37-12-8-11-34(37)31(27-38(45)51-52-54)28-49-29-40(60-63(6,7)47(2,3)4)35-19-21-39(55)44-36(35)20-23-43(56)50-44/h9,13-14,19-23,26-27,32-33,40,49,55,58H,8,10-12,15-18,24-25,28-29H2,1-7H3,(H,50,56)/t32-,33-,40-,48+/m0/s1. The maximum absolute atomic E-state index is 13.6. The first-order valence-electron chi connectivity index (χ1n) is 22.4. The number of aromatic amines is 1. The number of aromatic nitrogens is 4. The minimum Gasteiger partial charge on any atom is -0.506 e. The molecule has 63 heavy (non-hydrogen) atoms. The topological polar surface area (TPSA) is 155 Å². The highest BCUT2D eigenvalue weighted by atomic mass is 32.1. The van der Waals surface area contributed by atoms with Crippen LogP contribution in [0.5, 0.6) is 5.75 Å². The van der Waals surface area contributed by atoms with Crippen molar-refractivity contribution < 1.29 is 24.2 Å². The van der Waals surface area contributed by atoms with Crippen molar-refractivity contribution in [2.75, 3.05) is 20.1 Å². The van der Waals surface area contributed by atoms with Crippen LogP contribution in [0.15, 0.2) is 64.8 Å². The monoisotopic (exact) mass is 910 g/mol. The van der Waals surface area contributed by atoms with Crippen LogP contribution in [0.1, 0.15) is 102 Å². The number of aromatic hydroxyl groups is 1. The van der Waals surface area contributed by atoms with E-state index < -0.39 is 19.9 Å². The molecule has 6 aromatic rings. The smallest absolute Gasteiger partial charge is 0.349 e. The molecule has 1 saturated carbocycles. The SMILES string of the molecule is Cc1ccc([C@@](O)(C(=O)O[C@H]2CC[C@H](N(C)CCCn3nnc4cc(CNC[C@H](O[Si](C)(C)C(C)(C)C)c5ccc(O)c6[nH]c(=O)ccc56)c5c(c43)CCC5)CC2)c2cccs2)s1. The van der Waals surface area contributed by atoms with Gasteiger partial charge in [-0.3, -0.25) is 4.79 Å². The number of ether oxygens (including phenoxy) is 1. The van der Waals surface area contributed by atoms with E-state index in [-0.39, 0.29) is 28.6 Å². The van der Waals surface area contributed by atoms with Gasteiger partial charge in [0.2, 0.25) is 11.2 Å². The second-order valence-electron chi connectivity index (χ2n) is 19.1. The van der Waals surface area contributed by atoms with Gasteiger partial charge in [-0.1, -0.05) is 38.1 Å². The molecule has 0 amide bonds. The van der Waals surface area contributed by atoms with Crippen LogP contribution in [0, 0.1) is 6.92 Å². The van der Waals surface area contributed by atoms with Gasteiger partial charge in [0.1, 0.15) is 17.4 Å². The van der Waals surface area contributed by atoms with Gasteiger partial charge in [0, 0.05) is 42.0 Å². The molecule has 8 rings (SSSR count). The zero-order valence-corrected chi connectivity index (χ0v) is 40.3. The number of aliphatic hydroxyl groups is 1. The summed E-state index contributed by atoms with van der Waals surface area (Å²) in [5.41, 5.74) is 5.39. The van der Waals surface area contributed by atoms with E-state index in [0.29, 0.717) is 34.4 Å². The van der Waals surface area contributed by atoms with Crippen LogP contribution in [-0.4, -0.2) is 81.7 Å². The first-order chi connectivity index (χ1) is 30.0. The molecule has 1 fully saturated rings. The summed E-state index contributed by atoms with van der Waals surface area (Å²) >= 11 is 2.79. The van der Waals surface area contributed by atoms with Crippen LogP contribution in [0.2, 0.25) is 18.1 Å². The highest BCUT2D eigenvalue weighted by Gasteiger charge is 2.45. The van der Waals surface area contributed by atoms with E-state index in [1.807, 2.05) is 36.6 Å². The van der Waals surface area contributed by atoms with Crippen molar-refractivity contribution in [1.82, 2.24) is 30.2 Å². The van der Waals surface area contributed by atoms with E-state index >= 15 is 0 Å². The second-order valence-corrected chi connectivity index (χ2v) is 26.1. The molecule has 0 aliphatic heterocycles. The Bertz CT molecular complexity index is 2630. The first-order valence-corrected chi connectivity index (χ1v) is 27.0. The highest BCUT2D eigenvalue weighted by molar-refractivity contribution is 7.13. The predicted octanol–water partition coefficient (Wildman–Crippen LogP) is 8.86. The largest absolute Gasteiger partial charge is 0.506 e. The number of pyridine rings is 1. The Kier molecular flexibility index (Phi) is 13.2. The number of nitrogens with zero attached hydrogens (tertiary/aromatic N) is 4. The fourth-order valence-corrected chi connectivity index (χ4v) is 12.3. The summed E-state index contributed by atoms with van der Waals surface area (Å²) in [4.78, 5) is 33.3. The number of phenolic OH excluding ortho intramolecular Hbond substituents is 1. The first kappa shape index (κ1) is 45.3. The van der Waals surface area contributed by atoms with Crippen molar-refractivity contribution in [3.05, 3.63) is 107 Å². The summed E-state index contributed by atoms with van der Waals surface area (Å²) in [6, 6.07) is 16.9. The van der Waals surface area contributed by atoms with Crippen molar-refractivity contribution in [1.29, 1.82) is 0 Å². The number of carbonyl (C=O) groups is 1. The van der Waals surface area contributed by atoms with Crippen LogP contribution in [0.3, 0.4) is 0 Å². The van der Waals surface area contributed by atoms with Crippen molar-refractivity contribution in [2.24, 2.45) is 0 Å². The number of fused-ring (bicyclic) bond motifs is 4. The minimum absolute atomic E-state index is 0.0123. The summed E-state index contributed by atoms with van der Waals surface area (Å²) in [5, 5.41) is 38.2. The number of nitrogens with one attached hydrogen (secondary N) is 2. The van der Waals surface area contributed by atoms with Crippen molar-refractivity contribution >= 4 is 58.9 Å². The van der Waals surface area contributed by atoms with E-state index in [1.165, 1.54) is 45.4 Å². The number of hydrogen-bond donors (Lipinski definition) is 4. The summed E-state index contributed by atoms with van der Waals surface area (Å²) in [6.07, 6.45) is 6.93. The lowest BCUT2D eigenvalue weighted by Crippen LogP contribution is -2.43. The Morgan fingerprint density at radius 2 is 1.84 bits per heavy atom. The van der Waals surface area contributed by atoms with Gasteiger partial charge in [-0.05, 0) is 154 Å². The third kappa shape index (κ3) is 9.33. The average Bonchev–Trinajstić information content (AvgIpc) is 4.09. The number of thiophene rings is 2. The zero-order valence-electron chi connectivity index (χ0n) is 37.6. The number of rotatable bonds is 16. The van der Waals surface area contributed by atoms with Crippen LogP contribution in [-0.2, 0) is 45.5 Å². The molecule has 2 aliphatic carbocycles. The van der Waals surface area contributed by atoms with Crippen molar-refractivity contribution in [3.63, 3.8) is 0 Å². The molecule has 12 nitrogen and oxygen atoms in total. The fraction of sp³-hybridized carbons (Fsp3) is 0.500. The molecule has 2 atom stereocenters. The molecule has 0 saturated heterocycles. The van der Waals surface area contributed by atoms with Gasteiger partial charge in [0.05, 0.1) is 26.9 Å². The van der Waals surface area contributed by atoms with Gasteiger partial charge in [-0.2, -0.15) is 0 Å². The maximum Gasteiger partial charge on any atom is 0.349 e. The number of esters is 1. The number of aryl methyl sites for hydroxylation is 3. The third-order valence-electron chi connectivity index (χ3n) is 13.8. The normalized spacial score (nSPS) is 18.6. The lowest BCUT2D eigenvalue weighted by atomic mass is 9.91. The number of carbonyl (C=O) groups excluding carboxylic acids is 1.